The van der Waals surface area contributed by atoms with Crippen LogP contribution in [0.5, 0.6) is 0 Å². The maximum Gasteiger partial charge on any atom is 0.335 e. The molecule has 0 fully saturated rings. The van der Waals surface area contributed by atoms with Gasteiger partial charge in [0.05, 0.1) is 5.56 Å². The smallest absolute Gasteiger partial charge is 0.335 e. The van der Waals surface area contributed by atoms with Gasteiger partial charge in [0.1, 0.15) is 0 Å². The van der Waals surface area contributed by atoms with E-state index in [1.54, 1.807) is 6.92 Å². The van der Waals surface area contributed by atoms with Gasteiger partial charge in [-0.05, 0) is 31.3 Å². The number of carboxylic acids is 1. The minimum Gasteiger partial charge on any atom is -0.478 e. The lowest BCUT2D eigenvalue weighted by atomic mass is 10.2. The summed E-state index contributed by atoms with van der Waals surface area (Å²) in [5, 5.41) is 8.60. The van der Waals surface area contributed by atoms with E-state index >= 15 is 0 Å². The number of carboxylic acid groups (broad SMARTS) is 1. The molecule has 6 N–H and O–H groups in total. The minimum absolute atomic E-state index is 0.116. The molecule has 0 amide bonds. The van der Waals surface area contributed by atoms with Crippen LogP contribution in [0.1, 0.15) is 16.1 Å². The maximum absolute atomic E-state index is 10.3. The van der Waals surface area contributed by atoms with Crippen molar-refractivity contribution in [2.24, 2.45) is 11.6 Å². The van der Waals surface area contributed by atoms with Crippen molar-refractivity contribution < 1.29 is 9.90 Å². The Morgan fingerprint density at radius 3 is 2.47 bits per heavy atom. The van der Waals surface area contributed by atoms with Gasteiger partial charge in [-0.2, -0.15) is 0 Å². The number of nitrogens with one attached hydrogen (secondary N) is 1. The van der Waals surface area contributed by atoms with Gasteiger partial charge in [-0.3, -0.25) is 4.98 Å². The van der Waals surface area contributed by atoms with Gasteiger partial charge < -0.3 is 16.3 Å². The zero-order chi connectivity index (χ0) is 11.8. The van der Waals surface area contributed by atoms with E-state index in [4.69, 9.17) is 10.8 Å². The van der Waals surface area contributed by atoms with E-state index in [0.717, 1.165) is 5.69 Å². The van der Waals surface area contributed by atoms with Gasteiger partial charge >= 0.3 is 5.97 Å². The highest BCUT2D eigenvalue weighted by Gasteiger charge is 2.00. The summed E-state index contributed by atoms with van der Waals surface area (Å²) in [7, 11) is 0. The molecule has 0 spiro atoms. The second-order valence-corrected chi connectivity index (χ2v) is 2.94. The van der Waals surface area contributed by atoms with Crippen molar-refractivity contribution in [3.63, 3.8) is 0 Å². The lowest BCUT2D eigenvalue weighted by Crippen LogP contribution is -2.34. The molecule has 0 bridgehead atoms. The first-order chi connectivity index (χ1) is 6.97. The Kier molecular flexibility index (Phi) is 5.91. The van der Waals surface area contributed by atoms with Crippen LogP contribution in [0.4, 0.5) is 0 Å². The zero-order valence-corrected chi connectivity index (χ0v) is 8.91. The Morgan fingerprint density at radius 2 is 2.20 bits per heavy atom. The van der Waals surface area contributed by atoms with Gasteiger partial charge in [0.2, 0.25) is 0 Å². The number of aromatic nitrogens is 1. The van der Waals surface area contributed by atoms with Crippen molar-refractivity contribution in [2.75, 3.05) is 0 Å². The molecule has 6 nitrogen and oxygen atoms in total. The summed E-state index contributed by atoms with van der Waals surface area (Å²) in [5.74, 6) is 3.74. The predicted octanol–water partition coefficient (Wildman–Crippen LogP) is -0.218. The van der Waals surface area contributed by atoms with Crippen molar-refractivity contribution in [1.82, 2.24) is 10.4 Å². The first-order valence-corrected chi connectivity index (χ1v) is 4.30. The standard InChI is InChI=1S/C7H7NO2.CH5N3S/c1-5-4-6(7(9)10)2-3-8-5;2-1(5)4-3/h2-4H,1H3,(H,9,10);3H2,(H3,2,4,5). The molecule has 1 rings (SSSR count). The average Bonchev–Trinajstić information content (AvgIpc) is 2.18. The molecule has 0 aliphatic heterocycles. The van der Waals surface area contributed by atoms with Gasteiger partial charge in [-0.25, -0.2) is 10.6 Å². The van der Waals surface area contributed by atoms with Crippen molar-refractivity contribution in [2.45, 2.75) is 6.92 Å². The molecule has 0 atom stereocenters. The second-order valence-electron chi connectivity index (χ2n) is 2.50. The van der Waals surface area contributed by atoms with Gasteiger partial charge in [-0.15, -0.1) is 0 Å². The van der Waals surface area contributed by atoms with Crippen LogP contribution in [-0.4, -0.2) is 21.2 Å². The van der Waals surface area contributed by atoms with Crippen molar-refractivity contribution in [3.05, 3.63) is 29.6 Å². The van der Waals surface area contributed by atoms with Crippen LogP contribution in [0.2, 0.25) is 0 Å². The number of carbonyl (C=O) groups is 1. The largest absolute Gasteiger partial charge is 0.478 e. The number of pyridine rings is 1. The number of nitrogens with two attached hydrogens (primary N) is 2. The van der Waals surface area contributed by atoms with E-state index in [9.17, 15) is 4.79 Å². The van der Waals surface area contributed by atoms with Gasteiger partial charge in [0.25, 0.3) is 0 Å². The molecule has 1 aromatic heterocycles. The first kappa shape index (κ1) is 13.3. The van der Waals surface area contributed by atoms with Crippen molar-refractivity contribution in [3.8, 4) is 0 Å². The van der Waals surface area contributed by atoms with Crippen LogP contribution in [0, 0.1) is 6.92 Å². The Hall–Kier alpha value is -1.73. The monoisotopic (exact) mass is 228 g/mol. The van der Waals surface area contributed by atoms with E-state index in [-0.39, 0.29) is 10.7 Å². The normalized spacial score (nSPS) is 8.40. The van der Waals surface area contributed by atoms with Gasteiger partial charge in [-0.1, -0.05) is 0 Å². The fourth-order valence-corrected chi connectivity index (χ4v) is 0.679. The minimum atomic E-state index is -0.912. The van der Waals surface area contributed by atoms with Crippen LogP contribution in [-0.2, 0) is 0 Å². The molecule has 82 valence electrons. The lowest BCUT2D eigenvalue weighted by molar-refractivity contribution is 0.0696. The second kappa shape index (κ2) is 6.68. The lowest BCUT2D eigenvalue weighted by Gasteiger charge is -1.92. The molecule has 15 heavy (non-hydrogen) atoms. The number of hydrazine groups is 1. The molecule has 0 aliphatic rings. The Balaban J connectivity index is 0.000000336. The quantitative estimate of drug-likeness (QED) is 0.298. The van der Waals surface area contributed by atoms with E-state index in [1.165, 1.54) is 18.3 Å². The Morgan fingerprint density at radius 1 is 1.67 bits per heavy atom. The van der Waals surface area contributed by atoms with Crippen molar-refractivity contribution >= 4 is 23.3 Å². The summed E-state index contributed by atoms with van der Waals surface area (Å²) in [6.45, 7) is 1.76. The number of thiocarbonyl (C=S) groups is 1. The van der Waals surface area contributed by atoms with Crippen LogP contribution >= 0.6 is 12.2 Å². The van der Waals surface area contributed by atoms with Crippen molar-refractivity contribution in [1.29, 1.82) is 0 Å². The number of nitrogens with zero attached hydrogens (tertiary/aromatic N) is 1. The molecule has 0 aromatic carbocycles. The van der Waals surface area contributed by atoms with E-state index < -0.39 is 5.97 Å². The topological polar surface area (TPSA) is 114 Å². The SMILES string of the molecule is Cc1cc(C(=O)O)ccn1.NNC(N)=S. The summed E-state index contributed by atoms with van der Waals surface area (Å²) in [6.07, 6.45) is 1.48. The van der Waals surface area contributed by atoms with Gasteiger partial charge in [0.15, 0.2) is 5.11 Å². The molecule has 0 radical (unpaired) electrons. The fraction of sp³-hybridized carbons (Fsp3) is 0.125. The first-order valence-electron chi connectivity index (χ1n) is 3.89. The summed E-state index contributed by atoms with van der Waals surface area (Å²) < 4.78 is 0. The van der Waals surface area contributed by atoms with Crippen LogP contribution in [0.25, 0.3) is 0 Å². The molecule has 0 saturated heterocycles. The highest BCUT2D eigenvalue weighted by molar-refractivity contribution is 7.80. The number of rotatable bonds is 1. The van der Waals surface area contributed by atoms with Crippen LogP contribution < -0.4 is 17.0 Å². The maximum atomic E-state index is 10.3. The third-order valence-corrected chi connectivity index (χ3v) is 1.40. The highest BCUT2D eigenvalue weighted by atomic mass is 32.1. The van der Waals surface area contributed by atoms with Crippen LogP contribution in [0.3, 0.4) is 0 Å². The molecule has 1 heterocycles. The van der Waals surface area contributed by atoms with E-state index in [0.29, 0.717) is 0 Å². The fourth-order valence-electron chi connectivity index (χ4n) is 0.679. The number of aryl methyl sites for hydroxylation is 1. The van der Waals surface area contributed by atoms with E-state index in [2.05, 4.69) is 23.0 Å². The van der Waals surface area contributed by atoms with Crippen LogP contribution in [0.15, 0.2) is 18.3 Å². The Bertz CT molecular complexity index is 356. The molecule has 0 saturated carbocycles. The molecule has 7 heteroatoms. The third-order valence-electron chi connectivity index (χ3n) is 1.29. The molecular formula is C8H12N4O2S. The molecule has 1 aromatic rings. The zero-order valence-electron chi connectivity index (χ0n) is 8.10. The van der Waals surface area contributed by atoms with Gasteiger partial charge in [0, 0.05) is 11.9 Å². The number of hydrogen-bond acceptors (Lipinski definition) is 4. The summed E-state index contributed by atoms with van der Waals surface area (Å²) in [4.78, 5) is 14.2. The third kappa shape index (κ3) is 6.36. The summed E-state index contributed by atoms with van der Waals surface area (Å²) in [6, 6.07) is 3.00. The van der Waals surface area contributed by atoms with E-state index in [1.807, 2.05) is 5.43 Å². The number of hydrogen-bond donors (Lipinski definition) is 4. The summed E-state index contributed by atoms with van der Waals surface area (Å²) in [5.41, 5.74) is 7.83. The molecule has 0 unspecified atom stereocenters. The number of aromatic carboxylic acids is 1. The highest BCUT2D eigenvalue weighted by Crippen LogP contribution is 1.99. The summed E-state index contributed by atoms with van der Waals surface area (Å²) >= 11 is 4.24. The average molecular weight is 228 g/mol. The molecular weight excluding hydrogens is 216 g/mol. The predicted molar refractivity (Wildman–Crippen MR) is 60.0 cm³/mol. The Labute approximate surface area is 92.3 Å². The molecule has 0 aliphatic carbocycles.